The number of hydrogen-bond acceptors (Lipinski definition) is 2. The van der Waals surface area contributed by atoms with Gasteiger partial charge in [-0.2, -0.15) is 8.78 Å². The fourth-order valence-electron chi connectivity index (χ4n) is 1.20. The van der Waals surface area contributed by atoms with Crippen molar-refractivity contribution >= 4 is 11.6 Å². The Bertz CT molecular complexity index is 127. The van der Waals surface area contributed by atoms with Gasteiger partial charge in [0.25, 0.3) is 0 Å². The van der Waals surface area contributed by atoms with Gasteiger partial charge in [-0.1, -0.05) is 20.3 Å². The van der Waals surface area contributed by atoms with Crippen molar-refractivity contribution in [1.82, 2.24) is 5.43 Å². The Kier molecular flexibility index (Phi) is 4.97. The summed E-state index contributed by atoms with van der Waals surface area (Å²) < 4.78 is 25.2. The molecule has 2 atom stereocenters. The number of hydrazine groups is 1. The molecule has 0 bridgehead atoms. The molecule has 0 rings (SSSR count). The van der Waals surface area contributed by atoms with Crippen molar-refractivity contribution in [3.63, 3.8) is 0 Å². The molecule has 0 fully saturated rings. The molecule has 2 unspecified atom stereocenters. The van der Waals surface area contributed by atoms with E-state index in [9.17, 15) is 8.78 Å². The Morgan fingerprint density at radius 3 is 2.33 bits per heavy atom. The van der Waals surface area contributed by atoms with E-state index in [1.165, 1.54) is 0 Å². The smallest absolute Gasteiger partial charge is 0.271 e. The van der Waals surface area contributed by atoms with Gasteiger partial charge in [-0.25, -0.2) is 5.43 Å². The van der Waals surface area contributed by atoms with Crippen LogP contribution in [0.5, 0.6) is 0 Å². The minimum Gasteiger partial charge on any atom is -0.271 e. The molecule has 3 N–H and O–H groups in total. The standard InChI is InChI=1S/C7H15ClF2N2/c1-3-4-5(2)6(12-11)7(8,9)10/h5-6,12H,3-4,11H2,1-2H3. The number of nitrogens with one attached hydrogen (secondary N) is 1. The Balaban J connectivity index is 4.14. The molecule has 2 nitrogen and oxygen atoms in total. The molecule has 0 spiro atoms. The summed E-state index contributed by atoms with van der Waals surface area (Å²) in [6.45, 7) is 3.63. The van der Waals surface area contributed by atoms with Crippen LogP contribution in [0.25, 0.3) is 0 Å². The van der Waals surface area contributed by atoms with Crippen molar-refractivity contribution in [2.45, 2.75) is 38.1 Å². The molecule has 5 heteroatoms. The molecule has 0 aromatic rings. The molecule has 0 heterocycles. The summed E-state index contributed by atoms with van der Waals surface area (Å²) in [5.41, 5.74) is 2.04. The quantitative estimate of drug-likeness (QED) is 0.405. The number of halogens is 3. The van der Waals surface area contributed by atoms with Crippen molar-refractivity contribution in [1.29, 1.82) is 0 Å². The van der Waals surface area contributed by atoms with Gasteiger partial charge in [-0.15, -0.1) is 0 Å². The van der Waals surface area contributed by atoms with Gasteiger partial charge in [0.1, 0.15) is 6.04 Å². The van der Waals surface area contributed by atoms with Gasteiger partial charge in [0.15, 0.2) is 0 Å². The summed E-state index contributed by atoms with van der Waals surface area (Å²) in [7, 11) is 0. The van der Waals surface area contributed by atoms with Gasteiger partial charge >= 0.3 is 5.38 Å². The molecule has 0 saturated heterocycles. The highest BCUT2D eigenvalue weighted by atomic mass is 35.5. The monoisotopic (exact) mass is 200 g/mol. The van der Waals surface area contributed by atoms with E-state index in [2.05, 4.69) is 0 Å². The summed E-state index contributed by atoms with van der Waals surface area (Å²) in [4.78, 5) is 0. The minimum absolute atomic E-state index is 0.229. The second-order valence-corrected chi connectivity index (χ2v) is 3.46. The van der Waals surface area contributed by atoms with Crippen molar-refractivity contribution < 1.29 is 8.78 Å². The molecular weight excluding hydrogens is 186 g/mol. The molecule has 12 heavy (non-hydrogen) atoms. The highest BCUT2D eigenvalue weighted by Gasteiger charge is 2.39. The van der Waals surface area contributed by atoms with Crippen LogP contribution >= 0.6 is 11.6 Å². The Morgan fingerprint density at radius 1 is 1.58 bits per heavy atom. The van der Waals surface area contributed by atoms with Crippen LogP contribution in [0.4, 0.5) is 8.78 Å². The van der Waals surface area contributed by atoms with Gasteiger partial charge in [0.05, 0.1) is 0 Å². The lowest BCUT2D eigenvalue weighted by Gasteiger charge is -2.26. The highest BCUT2D eigenvalue weighted by Crippen LogP contribution is 2.29. The zero-order valence-electron chi connectivity index (χ0n) is 7.28. The van der Waals surface area contributed by atoms with Crippen LogP contribution in [0.15, 0.2) is 0 Å². The Hall–Kier alpha value is 0.0700. The first kappa shape index (κ1) is 12.1. The third-order valence-electron chi connectivity index (χ3n) is 1.85. The number of rotatable bonds is 5. The maximum atomic E-state index is 12.6. The fourth-order valence-corrected chi connectivity index (χ4v) is 1.48. The Labute approximate surface area is 76.4 Å². The molecular formula is C7H15ClF2N2. The SMILES string of the molecule is CCCC(C)C(NN)C(F)(F)Cl. The molecule has 0 saturated carbocycles. The lowest BCUT2D eigenvalue weighted by Crippen LogP contribution is -2.49. The van der Waals surface area contributed by atoms with E-state index < -0.39 is 11.4 Å². The first-order valence-corrected chi connectivity index (χ1v) is 4.34. The van der Waals surface area contributed by atoms with Crippen LogP contribution in [0.1, 0.15) is 26.7 Å². The summed E-state index contributed by atoms with van der Waals surface area (Å²) in [5, 5.41) is -3.27. The predicted molar refractivity (Wildman–Crippen MR) is 46.0 cm³/mol. The lowest BCUT2D eigenvalue weighted by molar-refractivity contribution is 0.0263. The molecule has 74 valence electrons. The lowest BCUT2D eigenvalue weighted by atomic mass is 9.98. The maximum absolute atomic E-state index is 12.6. The molecule has 0 aliphatic rings. The molecule has 0 aromatic heterocycles. The van der Waals surface area contributed by atoms with E-state index in [4.69, 9.17) is 17.4 Å². The first-order chi connectivity index (χ1) is 5.43. The van der Waals surface area contributed by atoms with Gasteiger partial charge in [0, 0.05) is 0 Å². The first-order valence-electron chi connectivity index (χ1n) is 3.96. The van der Waals surface area contributed by atoms with Crippen LogP contribution < -0.4 is 11.3 Å². The van der Waals surface area contributed by atoms with E-state index in [0.29, 0.717) is 6.42 Å². The predicted octanol–water partition coefficient (Wildman–Crippen LogP) is 2.09. The van der Waals surface area contributed by atoms with E-state index in [0.717, 1.165) is 6.42 Å². The molecule has 0 aromatic carbocycles. The van der Waals surface area contributed by atoms with Crippen LogP contribution in [0.3, 0.4) is 0 Å². The third kappa shape index (κ3) is 3.65. The van der Waals surface area contributed by atoms with E-state index >= 15 is 0 Å². The summed E-state index contributed by atoms with van der Waals surface area (Å²) >= 11 is 4.85. The molecule has 0 aliphatic heterocycles. The second-order valence-electron chi connectivity index (χ2n) is 2.95. The van der Waals surface area contributed by atoms with Crippen molar-refractivity contribution in [2.24, 2.45) is 11.8 Å². The second kappa shape index (κ2) is 4.94. The number of alkyl halides is 3. The van der Waals surface area contributed by atoms with E-state index in [-0.39, 0.29) is 5.92 Å². The van der Waals surface area contributed by atoms with Crippen LogP contribution in [-0.2, 0) is 0 Å². The van der Waals surface area contributed by atoms with Crippen LogP contribution in [0.2, 0.25) is 0 Å². The molecule has 0 aliphatic carbocycles. The van der Waals surface area contributed by atoms with Crippen molar-refractivity contribution in [3.8, 4) is 0 Å². The van der Waals surface area contributed by atoms with E-state index in [1.54, 1.807) is 6.92 Å². The van der Waals surface area contributed by atoms with Gasteiger partial charge in [-0.05, 0) is 23.9 Å². The normalized spacial score (nSPS) is 17.5. The van der Waals surface area contributed by atoms with E-state index in [1.807, 2.05) is 12.3 Å². The summed E-state index contributed by atoms with van der Waals surface area (Å²) in [6.07, 6.45) is 1.52. The summed E-state index contributed by atoms with van der Waals surface area (Å²) in [5.74, 6) is 4.75. The number of hydrogen-bond donors (Lipinski definition) is 2. The largest absolute Gasteiger partial charge is 0.338 e. The van der Waals surface area contributed by atoms with Crippen molar-refractivity contribution in [2.75, 3.05) is 0 Å². The van der Waals surface area contributed by atoms with Gasteiger partial charge < -0.3 is 0 Å². The fraction of sp³-hybridized carbons (Fsp3) is 1.00. The highest BCUT2D eigenvalue weighted by molar-refractivity contribution is 6.22. The van der Waals surface area contributed by atoms with Crippen LogP contribution in [-0.4, -0.2) is 11.4 Å². The average molecular weight is 201 g/mol. The average Bonchev–Trinajstić information content (AvgIpc) is 1.85. The minimum atomic E-state index is -3.27. The zero-order chi connectivity index (χ0) is 9.78. The van der Waals surface area contributed by atoms with Crippen LogP contribution in [0, 0.1) is 5.92 Å². The summed E-state index contributed by atoms with van der Waals surface area (Å²) in [6, 6.07) is -1.15. The topological polar surface area (TPSA) is 38.0 Å². The zero-order valence-corrected chi connectivity index (χ0v) is 8.04. The third-order valence-corrected chi connectivity index (χ3v) is 2.08. The van der Waals surface area contributed by atoms with Gasteiger partial charge in [0.2, 0.25) is 0 Å². The molecule has 0 radical (unpaired) electrons. The van der Waals surface area contributed by atoms with Crippen molar-refractivity contribution in [3.05, 3.63) is 0 Å². The number of nitrogens with two attached hydrogens (primary N) is 1. The Morgan fingerprint density at radius 2 is 2.08 bits per heavy atom. The maximum Gasteiger partial charge on any atom is 0.338 e. The molecule has 0 amide bonds. The van der Waals surface area contributed by atoms with Gasteiger partial charge in [-0.3, -0.25) is 5.84 Å².